The highest BCUT2D eigenvalue weighted by Crippen LogP contribution is 2.41. The van der Waals surface area contributed by atoms with Crippen LogP contribution in [0.25, 0.3) is 0 Å². The van der Waals surface area contributed by atoms with Crippen molar-refractivity contribution in [2.75, 3.05) is 6.54 Å². The third kappa shape index (κ3) is 3.78. The Morgan fingerprint density at radius 1 is 1.12 bits per heavy atom. The molecule has 1 saturated carbocycles. The standard InChI is InChI=1S/C26H30N4O2/c1-17-8-2-3-10-19(17)25-24-21(16-28-26(24)32)29-20-11-4-5-12-22(20)30(25)23(31)14-13-18-9-6-7-15-27-18/h2-3,6-10,15,20,22,25,29H,4-5,11-14,16H2,1H3,(H,28,32). The third-order valence-corrected chi connectivity index (χ3v) is 7.09. The molecule has 2 N–H and O–H groups in total. The number of aryl methyl sites for hydroxylation is 2. The zero-order valence-electron chi connectivity index (χ0n) is 18.5. The Labute approximate surface area is 189 Å². The van der Waals surface area contributed by atoms with Gasteiger partial charge in [0, 0.05) is 30.1 Å². The van der Waals surface area contributed by atoms with Gasteiger partial charge in [0.05, 0.1) is 24.2 Å². The van der Waals surface area contributed by atoms with E-state index in [1.54, 1.807) is 6.20 Å². The molecule has 0 spiro atoms. The van der Waals surface area contributed by atoms with Gasteiger partial charge in [0.15, 0.2) is 0 Å². The lowest BCUT2D eigenvalue weighted by molar-refractivity contribution is -0.137. The second-order valence-electron chi connectivity index (χ2n) is 9.06. The molecule has 6 heteroatoms. The van der Waals surface area contributed by atoms with Crippen molar-refractivity contribution >= 4 is 11.8 Å². The van der Waals surface area contributed by atoms with Crippen LogP contribution in [0.15, 0.2) is 59.9 Å². The molecule has 1 aromatic carbocycles. The number of benzene rings is 1. The molecule has 3 unspecified atom stereocenters. The summed E-state index contributed by atoms with van der Waals surface area (Å²) in [6.07, 6.45) is 6.96. The molecule has 2 aromatic rings. The number of nitrogens with zero attached hydrogens (tertiary/aromatic N) is 2. The first-order chi connectivity index (χ1) is 15.6. The second kappa shape index (κ2) is 8.77. The molecule has 2 amide bonds. The van der Waals surface area contributed by atoms with E-state index in [0.29, 0.717) is 25.0 Å². The molecule has 0 saturated heterocycles. The lowest BCUT2D eigenvalue weighted by Gasteiger charge is -2.43. The number of hydrogen-bond donors (Lipinski definition) is 2. The van der Waals surface area contributed by atoms with Gasteiger partial charge in [-0.25, -0.2) is 0 Å². The molecule has 166 valence electrons. The van der Waals surface area contributed by atoms with Crippen LogP contribution in [-0.2, 0) is 16.0 Å². The minimum absolute atomic E-state index is 0.0677. The van der Waals surface area contributed by atoms with Gasteiger partial charge in [-0.2, -0.15) is 0 Å². The normalized spacial score (nSPS) is 24.8. The quantitative estimate of drug-likeness (QED) is 0.781. The number of aromatic nitrogens is 1. The lowest BCUT2D eigenvalue weighted by atomic mass is 9.86. The van der Waals surface area contributed by atoms with Crippen molar-refractivity contribution in [1.29, 1.82) is 0 Å². The van der Waals surface area contributed by atoms with Crippen LogP contribution in [0.2, 0.25) is 0 Å². The minimum atomic E-state index is -0.370. The Balaban J connectivity index is 1.57. The first kappa shape index (κ1) is 20.7. The molecule has 5 rings (SSSR count). The van der Waals surface area contributed by atoms with E-state index in [1.807, 2.05) is 30.3 Å². The van der Waals surface area contributed by atoms with Crippen LogP contribution in [0.1, 0.15) is 55.0 Å². The van der Waals surface area contributed by atoms with Gasteiger partial charge in [0.2, 0.25) is 5.91 Å². The summed E-state index contributed by atoms with van der Waals surface area (Å²) in [6.45, 7) is 2.57. The van der Waals surface area contributed by atoms with Crippen molar-refractivity contribution in [2.45, 2.75) is 63.6 Å². The van der Waals surface area contributed by atoms with E-state index in [4.69, 9.17) is 0 Å². The molecule has 0 bridgehead atoms. The van der Waals surface area contributed by atoms with E-state index in [2.05, 4.69) is 39.6 Å². The third-order valence-electron chi connectivity index (χ3n) is 7.09. The highest BCUT2D eigenvalue weighted by molar-refractivity contribution is 5.99. The van der Waals surface area contributed by atoms with Gasteiger partial charge in [-0.3, -0.25) is 14.6 Å². The molecule has 3 heterocycles. The van der Waals surface area contributed by atoms with Crippen LogP contribution >= 0.6 is 0 Å². The van der Waals surface area contributed by atoms with E-state index in [0.717, 1.165) is 48.2 Å². The SMILES string of the molecule is Cc1ccccc1C1C2=C(CNC2=O)NC2CCCCC2N1C(=O)CCc1ccccn1. The first-order valence-corrected chi connectivity index (χ1v) is 11.7. The van der Waals surface area contributed by atoms with Crippen LogP contribution in [0.4, 0.5) is 0 Å². The molecule has 2 aliphatic heterocycles. The van der Waals surface area contributed by atoms with E-state index in [9.17, 15) is 9.59 Å². The average molecular weight is 431 g/mol. The van der Waals surface area contributed by atoms with Crippen molar-refractivity contribution in [3.8, 4) is 0 Å². The van der Waals surface area contributed by atoms with Crippen molar-refractivity contribution in [3.63, 3.8) is 0 Å². The molecule has 6 nitrogen and oxygen atoms in total. The lowest BCUT2D eigenvalue weighted by Crippen LogP contribution is -2.53. The van der Waals surface area contributed by atoms with E-state index in [-0.39, 0.29) is 29.9 Å². The Hall–Kier alpha value is -3.15. The molecule has 3 aliphatic rings. The van der Waals surface area contributed by atoms with Crippen LogP contribution < -0.4 is 10.6 Å². The van der Waals surface area contributed by atoms with Gasteiger partial charge < -0.3 is 15.5 Å². The maximum absolute atomic E-state index is 13.9. The van der Waals surface area contributed by atoms with E-state index < -0.39 is 0 Å². The summed E-state index contributed by atoms with van der Waals surface area (Å²) in [6, 6.07) is 13.8. The predicted octanol–water partition coefficient (Wildman–Crippen LogP) is 3.19. The smallest absolute Gasteiger partial charge is 0.251 e. The van der Waals surface area contributed by atoms with Gasteiger partial charge in [-0.15, -0.1) is 0 Å². The second-order valence-corrected chi connectivity index (χ2v) is 9.06. The summed E-state index contributed by atoms with van der Waals surface area (Å²) in [7, 11) is 0. The fourth-order valence-corrected chi connectivity index (χ4v) is 5.52. The fourth-order valence-electron chi connectivity index (χ4n) is 5.52. The van der Waals surface area contributed by atoms with Gasteiger partial charge in [0.25, 0.3) is 5.91 Å². The first-order valence-electron chi connectivity index (χ1n) is 11.7. The molecule has 0 radical (unpaired) electrons. The monoisotopic (exact) mass is 430 g/mol. The zero-order chi connectivity index (χ0) is 22.1. The van der Waals surface area contributed by atoms with Gasteiger partial charge >= 0.3 is 0 Å². The Kier molecular flexibility index (Phi) is 5.68. The largest absolute Gasteiger partial charge is 0.382 e. The van der Waals surface area contributed by atoms with Crippen molar-refractivity contribution < 1.29 is 9.59 Å². The number of pyridine rings is 1. The number of nitrogens with one attached hydrogen (secondary N) is 2. The average Bonchev–Trinajstić information content (AvgIpc) is 3.09. The van der Waals surface area contributed by atoms with E-state index in [1.165, 1.54) is 0 Å². The number of hydrogen-bond acceptors (Lipinski definition) is 4. The van der Waals surface area contributed by atoms with Crippen molar-refractivity contribution in [3.05, 3.63) is 76.8 Å². The van der Waals surface area contributed by atoms with Gasteiger partial charge in [-0.1, -0.05) is 43.2 Å². The van der Waals surface area contributed by atoms with E-state index >= 15 is 0 Å². The topological polar surface area (TPSA) is 74.3 Å². The van der Waals surface area contributed by atoms with Crippen LogP contribution in [0, 0.1) is 6.92 Å². The van der Waals surface area contributed by atoms with Crippen molar-refractivity contribution in [2.24, 2.45) is 0 Å². The maximum Gasteiger partial charge on any atom is 0.251 e. The van der Waals surface area contributed by atoms with Gasteiger partial charge in [-0.05, 0) is 49.4 Å². The summed E-state index contributed by atoms with van der Waals surface area (Å²) in [5, 5.41) is 6.68. The van der Waals surface area contributed by atoms with Crippen LogP contribution in [0.5, 0.6) is 0 Å². The highest BCUT2D eigenvalue weighted by atomic mass is 16.2. The minimum Gasteiger partial charge on any atom is -0.382 e. The molecule has 1 aliphatic carbocycles. The van der Waals surface area contributed by atoms with Gasteiger partial charge in [0.1, 0.15) is 0 Å². The molecular formula is C26H30N4O2. The summed E-state index contributed by atoms with van der Waals surface area (Å²) >= 11 is 0. The maximum atomic E-state index is 13.9. The number of rotatable bonds is 4. The highest BCUT2D eigenvalue weighted by Gasteiger charge is 2.46. The molecular weight excluding hydrogens is 400 g/mol. The van der Waals surface area contributed by atoms with Crippen LogP contribution in [0.3, 0.4) is 0 Å². The Bertz CT molecular complexity index is 1050. The molecule has 32 heavy (non-hydrogen) atoms. The Morgan fingerprint density at radius 3 is 2.75 bits per heavy atom. The summed E-state index contributed by atoms with van der Waals surface area (Å²) in [5.74, 6) is 0.0259. The van der Waals surface area contributed by atoms with Crippen LogP contribution in [-0.4, -0.2) is 40.3 Å². The number of carbonyl (C=O) groups is 2. The van der Waals surface area contributed by atoms with Crippen molar-refractivity contribution in [1.82, 2.24) is 20.5 Å². The predicted molar refractivity (Wildman–Crippen MR) is 123 cm³/mol. The summed E-state index contributed by atoms with van der Waals surface area (Å²) < 4.78 is 0. The Morgan fingerprint density at radius 2 is 1.94 bits per heavy atom. The molecule has 3 atom stereocenters. The summed E-state index contributed by atoms with van der Waals surface area (Å²) in [5.41, 5.74) is 4.72. The fraction of sp³-hybridized carbons (Fsp3) is 0.423. The zero-order valence-corrected chi connectivity index (χ0v) is 18.5. The molecule has 1 aromatic heterocycles. The number of fused-ring (bicyclic) bond motifs is 1. The molecule has 1 fully saturated rings. The summed E-state index contributed by atoms with van der Waals surface area (Å²) in [4.78, 5) is 33.4. The number of amides is 2. The number of carbonyl (C=O) groups excluding carboxylic acids is 2.